The van der Waals surface area contributed by atoms with Crippen molar-refractivity contribution in [3.8, 4) is 0 Å². The maximum absolute atomic E-state index is 12.2. The Labute approximate surface area is 134 Å². The van der Waals surface area contributed by atoms with Crippen molar-refractivity contribution in [3.05, 3.63) is 40.9 Å². The Hall–Kier alpha value is -2.60. The second-order valence-electron chi connectivity index (χ2n) is 5.36. The molecule has 0 aliphatic carbocycles. The first-order valence-electron chi connectivity index (χ1n) is 6.37. The van der Waals surface area contributed by atoms with Crippen LogP contribution in [0.4, 0.5) is 0 Å². The van der Waals surface area contributed by atoms with Crippen LogP contribution in [0.3, 0.4) is 0 Å². The van der Waals surface area contributed by atoms with Crippen molar-refractivity contribution in [1.82, 2.24) is 0 Å². The third kappa shape index (κ3) is 6.36. The molecule has 0 aliphatic heterocycles. The summed E-state index contributed by atoms with van der Waals surface area (Å²) in [7, 11) is -4.21. The van der Waals surface area contributed by atoms with E-state index in [9.17, 15) is 13.2 Å². The fourth-order valence-electron chi connectivity index (χ4n) is 1.36. The molecular formula is C14H18N4O4S. The molecule has 0 fully saturated rings. The quantitative estimate of drug-likeness (QED) is 0.253. The van der Waals surface area contributed by atoms with Gasteiger partial charge < -0.3 is 15.8 Å². The standard InChI is InChI=1S/C13H16N2O4S.CH2N2/c1-9-5-7-10(8-6-9)20(17,18)11(15-14)12(16)19-13(2,3)4;1-3-2/h5-8H,1-4H3;1H2. The van der Waals surface area contributed by atoms with E-state index < -0.39 is 26.5 Å². The largest absolute Gasteiger partial charge is 0.493 e. The fraction of sp³-hybridized carbons (Fsp3) is 0.357. The summed E-state index contributed by atoms with van der Waals surface area (Å²) in [6, 6.07) is 5.83. The average molecular weight is 338 g/mol. The second kappa shape index (κ2) is 8.14. The Balaban J connectivity index is 0.00000149. The molecule has 0 spiro atoms. The third-order valence-corrected chi connectivity index (χ3v) is 3.90. The zero-order chi connectivity index (χ0) is 18.3. The molecule has 1 aromatic carbocycles. The van der Waals surface area contributed by atoms with Gasteiger partial charge in [0.05, 0.1) is 4.90 Å². The van der Waals surface area contributed by atoms with E-state index in [1.807, 2.05) is 0 Å². The molecule has 23 heavy (non-hydrogen) atoms. The molecule has 0 saturated heterocycles. The zero-order valence-electron chi connectivity index (χ0n) is 13.3. The van der Waals surface area contributed by atoms with Crippen molar-refractivity contribution in [1.29, 1.82) is 0 Å². The van der Waals surface area contributed by atoms with E-state index >= 15 is 0 Å². The number of carbonyl (C=O) groups excluding carboxylic acids is 1. The molecule has 1 rings (SSSR count). The van der Waals surface area contributed by atoms with Crippen molar-refractivity contribution in [2.45, 2.75) is 38.2 Å². The van der Waals surface area contributed by atoms with Gasteiger partial charge >= 0.3 is 11.0 Å². The predicted octanol–water partition coefficient (Wildman–Crippen LogP) is 1.66. The van der Waals surface area contributed by atoms with Gasteiger partial charge in [0.1, 0.15) is 5.60 Å². The van der Waals surface area contributed by atoms with Gasteiger partial charge in [-0.05, 0) is 39.8 Å². The lowest BCUT2D eigenvalue weighted by Crippen LogP contribution is -2.33. The first-order chi connectivity index (χ1) is 10.5. The molecule has 9 heteroatoms. The van der Waals surface area contributed by atoms with Crippen molar-refractivity contribution >= 4 is 27.6 Å². The van der Waals surface area contributed by atoms with Crippen molar-refractivity contribution in [3.63, 3.8) is 0 Å². The van der Waals surface area contributed by atoms with E-state index in [2.05, 4.69) is 16.3 Å². The van der Waals surface area contributed by atoms with Gasteiger partial charge in [0.15, 0.2) is 0 Å². The van der Waals surface area contributed by atoms with Crippen molar-refractivity contribution < 1.29 is 27.5 Å². The van der Waals surface area contributed by atoms with E-state index in [-0.39, 0.29) is 4.90 Å². The minimum absolute atomic E-state index is 0.137. The number of sulfone groups is 1. The van der Waals surface area contributed by atoms with Crippen LogP contribution in [0.5, 0.6) is 0 Å². The minimum Gasteiger partial charge on any atom is -0.451 e. The average Bonchev–Trinajstić information content (AvgIpc) is 2.38. The Bertz CT molecular complexity index is 749. The van der Waals surface area contributed by atoms with Crippen LogP contribution in [0.2, 0.25) is 0 Å². The van der Waals surface area contributed by atoms with Gasteiger partial charge in [0, 0.05) is 0 Å². The fourth-order valence-corrected chi connectivity index (χ4v) is 2.44. The molecule has 0 bridgehead atoms. The number of rotatable bonds is 1. The highest BCUT2D eigenvalue weighted by Crippen LogP contribution is 2.15. The van der Waals surface area contributed by atoms with Gasteiger partial charge in [0.2, 0.25) is 6.72 Å². The molecule has 0 saturated carbocycles. The number of nitrogens with zero attached hydrogens (tertiary/aromatic N) is 4. The summed E-state index contributed by atoms with van der Waals surface area (Å²) in [5.41, 5.74) is 15.9. The summed E-state index contributed by atoms with van der Waals surface area (Å²) in [5, 5.41) is -1.03. The Morgan fingerprint density at radius 1 is 1.17 bits per heavy atom. The Morgan fingerprint density at radius 3 is 1.96 bits per heavy atom. The van der Waals surface area contributed by atoms with Crippen LogP contribution in [0, 0.1) is 6.92 Å². The lowest BCUT2D eigenvalue weighted by atomic mass is 10.2. The third-order valence-electron chi connectivity index (χ3n) is 2.25. The molecule has 0 heterocycles. The molecule has 0 atom stereocenters. The Morgan fingerprint density at radius 2 is 1.61 bits per heavy atom. The number of carbonyl (C=O) groups is 1. The topological polar surface area (TPSA) is 133 Å². The molecule has 0 aromatic heterocycles. The van der Waals surface area contributed by atoms with E-state index in [0.717, 1.165) is 5.56 Å². The first-order valence-corrected chi connectivity index (χ1v) is 7.85. The van der Waals surface area contributed by atoms with Gasteiger partial charge in [-0.25, -0.2) is 13.2 Å². The normalized spacial score (nSPS) is 10.4. The first kappa shape index (κ1) is 20.4. The van der Waals surface area contributed by atoms with Crippen LogP contribution in [-0.2, 0) is 19.4 Å². The zero-order valence-corrected chi connectivity index (χ0v) is 14.2. The predicted molar refractivity (Wildman–Crippen MR) is 83.6 cm³/mol. The molecule has 0 radical (unpaired) electrons. The van der Waals surface area contributed by atoms with Crippen molar-refractivity contribution in [2.75, 3.05) is 0 Å². The number of ether oxygens (including phenoxy) is 1. The highest BCUT2D eigenvalue weighted by Gasteiger charge is 2.40. The molecule has 0 unspecified atom stereocenters. The summed E-state index contributed by atoms with van der Waals surface area (Å²) < 4.78 is 29.3. The van der Waals surface area contributed by atoms with E-state index in [4.69, 9.17) is 15.8 Å². The van der Waals surface area contributed by atoms with Gasteiger partial charge in [-0.3, -0.25) is 0 Å². The van der Waals surface area contributed by atoms with Gasteiger partial charge in [-0.2, -0.15) is 4.79 Å². The van der Waals surface area contributed by atoms with Gasteiger partial charge in [0.25, 0.3) is 9.84 Å². The maximum Gasteiger partial charge on any atom is 0.493 e. The molecule has 0 amide bonds. The smallest absolute Gasteiger partial charge is 0.451 e. The van der Waals surface area contributed by atoms with Crippen LogP contribution >= 0.6 is 0 Å². The number of aryl methyl sites for hydroxylation is 1. The summed E-state index contributed by atoms with van der Waals surface area (Å²) >= 11 is 0. The minimum atomic E-state index is -4.21. The molecule has 8 nitrogen and oxygen atoms in total. The molecule has 1 aromatic rings. The molecular weight excluding hydrogens is 320 g/mol. The van der Waals surface area contributed by atoms with E-state index in [1.165, 1.54) is 12.1 Å². The van der Waals surface area contributed by atoms with Crippen LogP contribution in [-0.4, -0.2) is 41.3 Å². The SMILES string of the molecule is C=[N+]=[N-].Cc1ccc(S(=O)(=O)C(=[N+]=[N-])C(=O)OC(C)(C)C)cc1. The number of hydrogen-bond acceptors (Lipinski definition) is 4. The maximum atomic E-state index is 12.2. The lowest BCUT2D eigenvalue weighted by molar-refractivity contribution is -0.150. The van der Waals surface area contributed by atoms with Crippen LogP contribution < -0.4 is 0 Å². The summed E-state index contributed by atoms with van der Waals surface area (Å²) in [6.45, 7) is 9.21. The van der Waals surface area contributed by atoms with Gasteiger partial charge in [-0.15, -0.1) is 4.79 Å². The van der Waals surface area contributed by atoms with Crippen LogP contribution in [0.25, 0.3) is 11.1 Å². The summed E-state index contributed by atoms with van der Waals surface area (Å²) in [4.78, 5) is 16.5. The van der Waals surface area contributed by atoms with E-state index in [1.54, 1.807) is 39.8 Å². The number of esters is 1. The summed E-state index contributed by atoms with van der Waals surface area (Å²) in [5.74, 6) is -1.19. The van der Waals surface area contributed by atoms with Crippen LogP contribution in [0.15, 0.2) is 29.2 Å². The van der Waals surface area contributed by atoms with E-state index in [0.29, 0.717) is 0 Å². The molecule has 0 N–H and O–H groups in total. The highest BCUT2D eigenvalue weighted by atomic mass is 32.2. The van der Waals surface area contributed by atoms with Crippen LogP contribution in [0.1, 0.15) is 26.3 Å². The molecule has 0 aliphatic rings. The lowest BCUT2D eigenvalue weighted by Gasteiger charge is -2.17. The summed E-state index contributed by atoms with van der Waals surface area (Å²) in [6.07, 6.45) is 0. The second-order valence-corrected chi connectivity index (χ2v) is 7.23. The molecule has 124 valence electrons. The number of benzene rings is 1. The van der Waals surface area contributed by atoms with Crippen molar-refractivity contribution in [2.24, 2.45) is 0 Å². The number of hydrogen-bond donors (Lipinski definition) is 0. The highest BCUT2D eigenvalue weighted by molar-refractivity contribution is 8.08. The van der Waals surface area contributed by atoms with Gasteiger partial charge in [-0.1, -0.05) is 17.7 Å². The monoisotopic (exact) mass is 338 g/mol. The Kier molecular flexibility index (Phi) is 7.22.